The minimum Gasteiger partial charge on any atom is -0.496 e. The summed E-state index contributed by atoms with van der Waals surface area (Å²) >= 11 is 0. The second-order valence-electron chi connectivity index (χ2n) is 11.4. The first-order valence-corrected chi connectivity index (χ1v) is 13.5. The van der Waals surface area contributed by atoms with Gasteiger partial charge in [-0.2, -0.15) is 5.26 Å². The van der Waals surface area contributed by atoms with Crippen LogP contribution in [0.25, 0.3) is 16.9 Å². The van der Waals surface area contributed by atoms with Crippen molar-refractivity contribution in [3.8, 4) is 28.8 Å². The van der Waals surface area contributed by atoms with Crippen molar-refractivity contribution in [3.05, 3.63) is 60.3 Å². The third kappa shape index (κ3) is 5.64. The van der Waals surface area contributed by atoms with Crippen LogP contribution in [0.5, 0.6) is 5.75 Å². The zero-order valence-corrected chi connectivity index (χ0v) is 23.2. The highest BCUT2D eigenvalue weighted by Crippen LogP contribution is 2.43. The SMILES string of the molecule is COc1ccccc1-c1cn(-c2ccc(C[C@@H](C#N)NC(=O)[C@@H]3[C@H]4CC[C@H](C4)N3C(=O)OC(C)(C)C)cc2)nn1. The number of piperidine rings is 1. The van der Waals surface area contributed by atoms with E-state index >= 15 is 0 Å². The molecule has 1 aliphatic heterocycles. The lowest BCUT2D eigenvalue weighted by atomic mass is 9.97. The lowest BCUT2D eigenvalue weighted by molar-refractivity contribution is -0.128. The molecule has 1 aromatic heterocycles. The van der Waals surface area contributed by atoms with Gasteiger partial charge in [0.15, 0.2) is 0 Å². The van der Waals surface area contributed by atoms with Gasteiger partial charge in [0.05, 0.1) is 25.1 Å². The van der Waals surface area contributed by atoms with Crippen molar-refractivity contribution >= 4 is 12.0 Å². The Morgan fingerprint density at radius 3 is 2.60 bits per heavy atom. The highest BCUT2D eigenvalue weighted by Gasteiger charge is 2.52. The molecule has 1 saturated carbocycles. The third-order valence-electron chi connectivity index (χ3n) is 7.45. The number of nitrogens with zero attached hydrogens (tertiary/aromatic N) is 5. The summed E-state index contributed by atoms with van der Waals surface area (Å²) in [5, 5.41) is 21.2. The van der Waals surface area contributed by atoms with E-state index in [0.29, 0.717) is 17.9 Å². The van der Waals surface area contributed by atoms with Crippen LogP contribution >= 0.6 is 0 Å². The van der Waals surface area contributed by atoms with Crippen LogP contribution < -0.4 is 10.1 Å². The third-order valence-corrected chi connectivity index (χ3v) is 7.45. The largest absolute Gasteiger partial charge is 0.496 e. The number of ether oxygens (including phenoxy) is 2. The van der Waals surface area contributed by atoms with E-state index in [0.717, 1.165) is 36.1 Å². The van der Waals surface area contributed by atoms with Gasteiger partial charge in [-0.1, -0.05) is 29.5 Å². The molecular weight excluding hydrogens is 508 g/mol. The molecule has 10 heteroatoms. The van der Waals surface area contributed by atoms with Gasteiger partial charge in [-0.25, -0.2) is 9.48 Å². The van der Waals surface area contributed by atoms with Crippen LogP contribution in [0.4, 0.5) is 4.79 Å². The van der Waals surface area contributed by atoms with Crippen LogP contribution in [-0.2, 0) is 16.0 Å². The Bertz CT molecular complexity index is 1420. The number of hydrogen-bond acceptors (Lipinski definition) is 7. The Morgan fingerprint density at radius 1 is 1.15 bits per heavy atom. The molecule has 2 aromatic carbocycles. The van der Waals surface area contributed by atoms with Gasteiger partial charge in [0.2, 0.25) is 5.91 Å². The summed E-state index contributed by atoms with van der Waals surface area (Å²) in [5.74, 6) is 0.501. The molecule has 1 aliphatic carbocycles. The molecular formula is C30H34N6O4. The van der Waals surface area contributed by atoms with Gasteiger partial charge in [0, 0.05) is 18.0 Å². The van der Waals surface area contributed by atoms with E-state index in [9.17, 15) is 14.9 Å². The maximum Gasteiger partial charge on any atom is 0.411 e. The van der Waals surface area contributed by atoms with E-state index in [4.69, 9.17) is 9.47 Å². The summed E-state index contributed by atoms with van der Waals surface area (Å²) in [5.41, 5.74) is 2.59. The minimum atomic E-state index is -0.735. The minimum absolute atomic E-state index is 0.00367. The van der Waals surface area contributed by atoms with Crippen LogP contribution in [0.2, 0.25) is 0 Å². The first kappa shape index (κ1) is 27.2. The average molecular weight is 543 g/mol. The smallest absolute Gasteiger partial charge is 0.411 e. The van der Waals surface area contributed by atoms with Gasteiger partial charge in [-0.15, -0.1) is 5.10 Å². The highest BCUT2D eigenvalue weighted by molar-refractivity contribution is 5.87. The number of fused-ring (bicyclic) bond motifs is 2. The van der Waals surface area contributed by atoms with Crippen molar-refractivity contribution in [2.45, 2.75) is 70.2 Å². The second-order valence-corrected chi connectivity index (χ2v) is 11.4. The predicted molar refractivity (Wildman–Crippen MR) is 148 cm³/mol. The Balaban J connectivity index is 1.24. The summed E-state index contributed by atoms with van der Waals surface area (Å²) in [6.07, 6.45) is 4.24. The van der Waals surface area contributed by atoms with Gasteiger partial charge >= 0.3 is 6.09 Å². The molecule has 2 amide bonds. The molecule has 1 N–H and O–H groups in total. The molecule has 10 nitrogen and oxygen atoms in total. The second kappa shape index (κ2) is 11.0. The number of likely N-dealkylation sites (tertiary alicyclic amines) is 1. The zero-order chi connectivity index (χ0) is 28.4. The van der Waals surface area contributed by atoms with Crippen LogP contribution in [-0.4, -0.2) is 62.7 Å². The molecule has 2 aliphatic rings. The summed E-state index contributed by atoms with van der Waals surface area (Å²) in [7, 11) is 1.62. The Labute approximate surface area is 233 Å². The van der Waals surface area contributed by atoms with Gasteiger partial charge < -0.3 is 14.8 Å². The van der Waals surface area contributed by atoms with E-state index < -0.39 is 23.8 Å². The molecule has 0 radical (unpaired) electrons. The monoisotopic (exact) mass is 542 g/mol. The molecule has 2 fully saturated rings. The predicted octanol–water partition coefficient (Wildman–Crippen LogP) is 4.28. The molecule has 0 unspecified atom stereocenters. The van der Waals surface area contributed by atoms with Crippen LogP contribution in [0, 0.1) is 17.2 Å². The standard InChI is InChI=1S/C30H34N6O4/c1-30(2,3)40-29(38)36-23-14-11-20(16-23)27(36)28(37)32-21(17-31)15-19-9-12-22(13-10-19)35-18-25(33-34-35)24-7-5-6-8-26(24)39-4/h5-10,12-13,18,20-21,23,27H,11,14-16H2,1-4H3,(H,32,37)/t20-,21-,23+,27-/m0/s1. The topological polar surface area (TPSA) is 122 Å². The lowest BCUT2D eigenvalue weighted by Crippen LogP contribution is -2.55. The summed E-state index contributed by atoms with van der Waals surface area (Å²) < 4.78 is 12.7. The number of carbonyl (C=O) groups excluding carboxylic acids is 2. The average Bonchev–Trinajstić information content (AvgIpc) is 3.69. The molecule has 40 heavy (non-hydrogen) atoms. The number of nitrogens with one attached hydrogen (secondary N) is 1. The van der Waals surface area contributed by atoms with Crippen molar-refractivity contribution in [2.24, 2.45) is 5.92 Å². The normalized spacial score (nSPS) is 20.6. The van der Waals surface area contributed by atoms with Crippen LogP contribution in [0.15, 0.2) is 54.7 Å². The fourth-order valence-electron chi connectivity index (χ4n) is 5.68. The molecule has 3 aromatic rings. The molecule has 2 bridgehead atoms. The Kier molecular flexibility index (Phi) is 7.48. The maximum absolute atomic E-state index is 13.3. The number of methoxy groups -OCH3 is 1. The molecule has 208 valence electrons. The van der Waals surface area contributed by atoms with Crippen LogP contribution in [0.3, 0.4) is 0 Å². The van der Waals surface area contributed by atoms with Gasteiger partial charge in [0.25, 0.3) is 0 Å². The molecule has 1 saturated heterocycles. The van der Waals surface area contributed by atoms with E-state index in [1.807, 2.05) is 75.5 Å². The van der Waals surface area contributed by atoms with Crippen LogP contribution in [0.1, 0.15) is 45.6 Å². The van der Waals surface area contributed by atoms with Crippen molar-refractivity contribution in [1.29, 1.82) is 5.26 Å². The zero-order valence-electron chi connectivity index (χ0n) is 23.2. The highest BCUT2D eigenvalue weighted by atomic mass is 16.6. The number of carbonyl (C=O) groups is 2. The number of rotatable bonds is 7. The number of benzene rings is 2. The fraction of sp³-hybridized carbons (Fsp3) is 0.433. The molecule has 5 rings (SSSR count). The first-order valence-electron chi connectivity index (χ1n) is 13.5. The summed E-state index contributed by atoms with van der Waals surface area (Å²) in [6, 6.07) is 16.1. The quantitative estimate of drug-likeness (QED) is 0.473. The van der Waals surface area contributed by atoms with E-state index in [2.05, 4.69) is 21.7 Å². The number of hydrogen-bond donors (Lipinski definition) is 1. The summed E-state index contributed by atoms with van der Waals surface area (Å²) in [4.78, 5) is 27.8. The van der Waals surface area contributed by atoms with Crippen molar-refractivity contribution in [1.82, 2.24) is 25.2 Å². The van der Waals surface area contributed by atoms with Crippen molar-refractivity contribution in [3.63, 3.8) is 0 Å². The van der Waals surface area contributed by atoms with Crippen molar-refractivity contribution < 1.29 is 19.1 Å². The maximum atomic E-state index is 13.3. The van der Waals surface area contributed by atoms with E-state index in [1.54, 1.807) is 16.7 Å². The number of para-hydroxylation sites is 1. The number of amides is 2. The Hall–Kier alpha value is -4.39. The summed E-state index contributed by atoms with van der Waals surface area (Å²) in [6.45, 7) is 5.44. The molecule has 2 heterocycles. The fourth-order valence-corrected chi connectivity index (χ4v) is 5.68. The Morgan fingerprint density at radius 2 is 1.90 bits per heavy atom. The number of nitriles is 1. The van der Waals surface area contributed by atoms with E-state index in [-0.39, 0.29) is 17.9 Å². The molecule has 4 atom stereocenters. The van der Waals surface area contributed by atoms with Gasteiger partial charge in [-0.3, -0.25) is 9.69 Å². The molecule has 0 spiro atoms. The van der Waals surface area contributed by atoms with Gasteiger partial charge in [-0.05, 0) is 75.8 Å². The first-order chi connectivity index (χ1) is 19.2. The van der Waals surface area contributed by atoms with Crippen molar-refractivity contribution in [2.75, 3.05) is 7.11 Å². The lowest BCUT2D eigenvalue weighted by Gasteiger charge is -2.35. The van der Waals surface area contributed by atoms with Gasteiger partial charge in [0.1, 0.15) is 29.1 Å². The van der Waals surface area contributed by atoms with E-state index in [1.165, 1.54) is 0 Å². The number of aromatic nitrogens is 3.